The molecule has 0 unspecified atom stereocenters. The van der Waals surface area contributed by atoms with Crippen LogP contribution < -0.4 is 4.74 Å². The zero-order chi connectivity index (χ0) is 11.7. The molecule has 0 aromatic heterocycles. The monoisotopic (exact) mass is 208 g/mol. The summed E-state index contributed by atoms with van der Waals surface area (Å²) in [5, 5.41) is 0. The van der Waals surface area contributed by atoms with Crippen molar-refractivity contribution in [3.05, 3.63) is 29.3 Å². The molecule has 0 N–H and O–H groups in total. The average Bonchev–Trinajstić information content (AvgIpc) is 2.32. The van der Waals surface area contributed by atoms with Gasteiger partial charge >= 0.3 is 0 Å². The minimum atomic E-state index is 0.634. The lowest BCUT2D eigenvalue weighted by molar-refractivity contribution is 0.112. The first kappa shape index (κ1) is 13.7. The molecule has 0 heterocycles. The molecule has 0 radical (unpaired) electrons. The maximum atomic E-state index is 10.5. The fraction of sp³-hybridized carbons (Fsp3) is 0.462. The van der Waals surface area contributed by atoms with Crippen molar-refractivity contribution in [3.8, 4) is 5.75 Å². The molecule has 0 aliphatic heterocycles. The van der Waals surface area contributed by atoms with Gasteiger partial charge in [-0.25, -0.2) is 0 Å². The van der Waals surface area contributed by atoms with Crippen LogP contribution in [0, 0.1) is 0 Å². The Balaban J connectivity index is 0.000000921. The van der Waals surface area contributed by atoms with Crippen molar-refractivity contribution in [3.63, 3.8) is 0 Å². The Labute approximate surface area is 92.3 Å². The highest BCUT2D eigenvalue weighted by Gasteiger charge is 2.02. The predicted molar refractivity (Wildman–Crippen MR) is 63.7 cm³/mol. The van der Waals surface area contributed by atoms with Crippen LogP contribution in [0.25, 0.3) is 0 Å². The van der Waals surface area contributed by atoms with E-state index in [0.29, 0.717) is 12.2 Å². The van der Waals surface area contributed by atoms with E-state index in [1.54, 1.807) is 6.07 Å². The summed E-state index contributed by atoms with van der Waals surface area (Å²) in [5.74, 6) is 0.828. The van der Waals surface area contributed by atoms with Crippen molar-refractivity contribution >= 4 is 6.29 Å². The van der Waals surface area contributed by atoms with Gasteiger partial charge in [0.1, 0.15) is 12.0 Å². The van der Waals surface area contributed by atoms with Crippen LogP contribution in [0.5, 0.6) is 5.75 Å². The molecule has 2 nitrogen and oxygen atoms in total. The first-order valence-corrected chi connectivity index (χ1v) is 5.52. The second-order valence-electron chi connectivity index (χ2n) is 2.77. The Morgan fingerprint density at radius 2 is 1.93 bits per heavy atom. The summed E-state index contributed by atoms with van der Waals surface area (Å²) in [6.45, 7) is 8.64. The van der Waals surface area contributed by atoms with Crippen LogP contribution in [0.15, 0.2) is 18.2 Å². The van der Waals surface area contributed by atoms with Gasteiger partial charge in [0.15, 0.2) is 0 Å². The second kappa shape index (κ2) is 8.04. The summed E-state index contributed by atoms with van der Waals surface area (Å²) in [7, 11) is 0. The third kappa shape index (κ3) is 4.15. The van der Waals surface area contributed by atoms with E-state index in [0.717, 1.165) is 24.0 Å². The number of carbonyl (C=O) groups excluding carboxylic acids is 1. The van der Waals surface area contributed by atoms with Crippen molar-refractivity contribution < 1.29 is 9.53 Å². The summed E-state index contributed by atoms with van der Waals surface area (Å²) >= 11 is 0. The molecule has 0 spiro atoms. The Morgan fingerprint density at radius 3 is 2.40 bits per heavy atom. The van der Waals surface area contributed by atoms with Crippen LogP contribution in [0.3, 0.4) is 0 Å². The summed E-state index contributed by atoms with van der Waals surface area (Å²) < 4.78 is 5.41. The van der Waals surface area contributed by atoms with Gasteiger partial charge in [-0.05, 0) is 25.0 Å². The van der Waals surface area contributed by atoms with Crippen molar-refractivity contribution in [1.82, 2.24) is 0 Å². The maximum Gasteiger partial charge on any atom is 0.150 e. The number of aldehydes is 1. The zero-order valence-corrected chi connectivity index (χ0v) is 10.0. The second-order valence-corrected chi connectivity index (χ2v) is 2.77. The van der Waals surface area contributed by atoms with Crippen LogP contribution in [0.1, 0.15) is 43.6 Å². The van der Waals surface area contributed by atoms with E-state index in [2.05, 4.69) is 6.92 Å². The zero-order valence-electron chi connectivity index (χ0n) is 10.0. The normalized spacial score (nSPS) is 8.80. The van der Waals surface area contributed by atoms with Crippen LogP contribution >= 0.6 is 0 Å². The van der Waals surface area contributed by atoms with E-state index in [9.17, 15) is 4.79 Å². The molecule has 15 heavy (non-hydrogen) atoms. The first-order chi connectivity index (χ1) is 7.31. The summed E-state index contributed by atoms with van der Waals surface area (Å²) in [6.07, 6.45) is 1.76. The van der Waals surface area contributed by atoms with E-state index >= 15 is 0 Å². The van der Waals surface area contributed by atoms with E-state index in [1.165, 1.54) is 0 Å². The minimum Gasteiger partial charge on any atom is -0.494 e. The number of ether oxygens (including phenoxy) is 1. The van der Waals surface area contributed by atoms with Gasteiger partial charge < -0.3 is 4.74 Å². The molecule has 84 valence electrons. The number of aryl methyl sites for hydroxylation is 1. The van der Waals surface area contributed by atoms with Gasteiger partial charge in [-0.15, -0.1) is 0 Å². The molecular weight excluding hydrogens is 188 g/mol. The lowest BCUT2D eigenvalue weighted by atomic mass is 10.1. The molecule has 0 aliphatic carbocycles. The predicted octanol–water partition coefficient (Wildman–Crippen LogP) is 3.49. The Morgan fingerprint density at radius 1 is 1.27 bits per heavy atom. The van der Waals surface area contributed by atoms with Crippen molar-refractivity contribution in [2.75, 3.05) is 6.61 Å². The number of hydrogen-bond donors (Lipinski definition) is 0. The van der Waals surface area contributed by atoms with Crippen molar-refractivity contribution in [2.45, 2.75) is 34.1 Å². The largest absolute Gasteiger partial charge is 0.494 e. The number of hydrogen-bond acceptors (Lipinski definition) is 2. The molecule has 0 bridgehead atoms. The summed E-state index contributed by atoms with van der Waals surface area (Å²) in [6, 6.07) is 5.54. The standard InChI is InChI=1S/C11H14O2.C2H6/c1-3-10-6-5-9(8-12)7-11(10)13-4-2;1-2/h5-8H,3-4H2,1-2H3;1-2H3. The highest BCUT2D eigenvalue weighted by atomic mass is 16.5. The number of benzene rings is 1. The maximum absolute atomic E-state index is 10.5. The highest BCUT2D eigenvalue weighted by molar-refractivity contribution is 5.75. The molecule has 0 atom stereocenters. The molecule has 0 aliphatic rings. The lowest BCUT2D eigenvalue weighted by Gasteiger charge is -2.08. The molecule has 0 fully saturated rings. The van der Waals surface area contributed by atoms with Crippen molar-refractivity contribution in [2.24, 2.45) is 0 Å². The highest BCUT2D eigenvalue weighted by Crippen LogP contribution is 2.20. The van der Waals surface area contributed by atoms with Gasteiger partial charge in [-0.3, -0.25) is 4.79 Å². The van der Waals surface area contributed by atoms with Crippen LogP contribution in [0.4, 0.5) is 0 Å². The van der Waals surface area contributed by atoms with E-state index in [-0.39, 0.29) is 0 Å². The molecule has 0 saturated carbocycles. The fourth-order valence-corrected chi connectivity index (χ4v) is 1.23. The summed E-state index contributed by atoms with van der Waals surface area (Å²) in [5.41, 5.74) is 1.81. The molecule has 0 amide bonds. The van der Waals surface area contributed by atoms with Crippen molar-refractivity contribution in [1.29, 1.82) is 0 Å². The third-order valence-corrected chi connectivity index (χ3v) is 1.91. The quantitative estimate of drug-likeness (QED) is 0.708. The van der Waals surface area contributed by atoms with Gasteiger partial charge in [0.2, 0.25) is 0 Å². The fourth-order valence-electron chi connectivity index (χ4n) is 1.23. The Kier molecular flexibility index (Phi) is 7.33. The average molecular weight is 208 g/mol. The SMILES string of the molecule is CC.CCOc1cc(C=O)ccc1CC. The van der Waals surface area contributed by atoms with E-state index < -0.39 is 0 Å². The van der Waals surface area contributed by atoms with Gasteiger partial charge in [0.25, 0.3) is 0 Å². The van der Waals surface area contributed by atoms with Crippen LogP contribution in [-0.4, -0.2) is 12.9 Å². The molecule has 0 saturated heterocycles. The third-order valence-electron chi connectivity index (χ3n) is 1.91. The molecule has 1 rings (SSSR count). The Hall–Kier alpha value is -1.31. The van der Waals surface area contributed by atoms with Gasteiger partial charge in [-0.1, -0.05) is 32.9 Å². The first-order valence-electron chi connectivity index (χ1n) is 5.52. The smallest absolute Gasteiger partial charge is 0.150 e. The van der Waals surface area contributed by atoms with Gasteiger partial charge in [-0.2, -0.15) is 0 Å². The van der Waals surface area contributed by atoms with E-state index in [4.69, 9.17) is 4.74 Å². The Bertz CT molecular complexity index is 293. The van der Waals surface area contributed by atoms with Crippen LogP contribution in [-0.2, 0) is 6.42 Å². The lowest BCUT2D eigenvalue weighted by Crippen LogP contribution is -1.96. The molecule has 1 aromatic carbocycles. The van der Waals surface area contributed by atoms with E-state index in [1.807, 2.05) is 32.9 Å². The number of carbonyl (C=O) groups is 1. The minimum absolute atomic E-state index is 0.634. The molecule has 1 aromatic rings. The summed E-state index contributed by atoms with van der Waals surface area (Å²) in [4.78, 5) is 10.5. The van der Waals surface area contributed by atoms with Gasteiger partial charge in [0, 0.05) is 5.56 Å². The van der Waals surface area contributed by atoms with Crippen LogP contribution in [0.2, 0.25) is 0 Å². The molecule has 2 heteroatoms. The number of rotatable bonds is 4. The van der Waals surface area contributed by atoms with Gasteiger partial charge in [0.05, 0.1) is 6.61 Å². The molecular formula is C13H20O2. The topological polar surface area (TPSA) is 26.3 Å².